The van der Waals surface area contributed by atoms with Crippen LogP contribution in [-0.2, 0) is 0 Å². The monoisotopic (exact) mass is 195 g/mol. The van der Waals surface area contributed by atoms with Crippen molar-refractivity contribution in [2.24, 2.45) is 0 Å². The number of pyridine rings is 1. The smallest absolute Gasteiger partial charge is 0.216 e. The summed E-state index contributed by atoms with van der Waals surface area (Å²) in [6.07, 6.45) is 4.63. The molecule has 1 N–H and O–H groups in total. The van der Waals surface area contributed by atoms with Gasteiger partial charge in [-0.2, -0.15) is 4.39 Å². The molecule has 0 amide bonds. The standard InChI is InChI=1S/C11H14FNO/c12-11-10(5-2-6-13-11)8-3-1-4-9(14)7-8/h2,5-6,8-9,14H,1,3-4,7H2/t8-,9-/m1/s1. The Morgan fingerprint density at radius 3 is 3.00 bits per heavy atom. The predicted octanol–water partition coefficient (Wildman–Crippen LogP) is 2.24. The van der Waals surface area contributed by atoms with Crippen molar-refractivity contribution < 1.29 is 9.50 Å². The van der Waals surface area contributed by atoms with Gasteiger partial charge in [0.05, 0.1) is 6.10 Å². The van der Waals surface area contributed by atoms with Crippen LogP contribution in [0.1, 0.15) is 37.2 Å². The first-order valence-electron chi connectivity index (χ1n) is 5.06. The molecular weight excluding hydrogens is 181 g/mol. The van der Waals surface area contributed by atoms with Crippen molar-refractivity contribution in [2.45, 2.75) is 37.7 Å². The van der Waals surface area contributed by atoms with Crippen molar-refractivity contribution in [3.63, 3.8) is 0 Å². The van der Waals surface area contributed by atoms with Gasteiger partial charge in [0.2, 0.25) is 5.95 Å². The lowest BCUT2D eigenvalue weighted by Gasteiger charge is -2.25. The van der Waals surface area contributed by atoms with Crippen LogP contribution in [0, 0.1) is 5.95 Å². The molecule has 0 aliphatic heterocycles. The van der Waals surface area contributed by atoms with Gasteiger partial charge < -0.3 is 5.11 Å². The van der Waals surface area contributed by atoms with E-state index in [-0.39, 0.29) is 18.0 Å². The van der Waals surface area contributed by atoms with E-state index in [1.54, 1.807) is 12.1 Å². The van der Waals surface area contributed by atoms with E-state index in [9.17, 15) is 9.50 Å². The van der Waals surface area contributed by atoms with E-state index in [4.69, 9.17) is 0 Å². The summed E-state index contributed by atoms with van der Waals surface area (Å²) in [6.45, 7) is 0. The molecule has 1 aliphatic carbocycles. The Labute approximate surface area is 82.8 Å². The zero-order valence-corrected chi connectivity index (χ0v) is 7.99. The minimum atomic E-state index is -0.383. The van der Waals surface area contributed by atoms with Crippen LogP contribution in [0.25, 0.3) is 0 Å². The fourth-order valence-corrected chi connectivity index (χ4v) is 2.15. The lowest BCUT2D eigenvalue weighted by Crippen LogP contribution is -2.19. The third kappa shape index (κ3) is 1.93. The maximum absolute atomic E-state index is 13.3. The van der Waals surface area contributed by atoms with Gasteiger partial charge in [0.25, 0.3) is 0 Å². The van der Waals surface area contributed by atoms with Crippen molar-refractivity contribution in [3.8, 4) is 0 Å². The van der Waals surface area contributed by atoms with Crippen LogP contribution in [-0.4, -0.2) is 16.2 Å². The molecule has 1 fully saturated rings. The average Bonchev–Trinajstić information content (AvgIpc) is 2.18. The number of aliphatic hydroxyl groups is 1. The molecule has 2 atom stereocenters. The minimum absolute atomic E-state index is 0.146. The lowest BCUT2D eigenvalue weighted by molar-refractivity contribution is 0.118. The topological polar surface area (TPSA) is 33.1 Å². The van der Waals surface area contributed by atoms with Crippen LogP contribution in [0.4, 0.5) is 4.39 Å². The van der Waals surface area contributed by atoms with Crippen LogP contribution in [0.5, 0.6) is 0 Å². The van der Waals surface area contributed by atoms with Crippen LogP contribution in [0.15, 0.2) is 18.3 Å². The summed E-state index contributed by atoms with van der Waals surface area (Å²) in [5.74, 6) is -0.237. The molecule has 0 aromatic carbocycles. The fraction of sp³-hybridized carbons (Fsp3) is 0.545. The van der Waals surface area contributed by atoms with Gasteiger partial charge in [-0.3, -0.25) is 0 Å². The predicted molar refractivity (Wildman–Crippen MR) is 51.4 cm³/mol. The first-order valence-corrected chi connectivity index (χ1v) is 5.06. The maximum Gasteiger partial charge on any atom is 0.216 e. The highest BCUT2D eigenvalue weighted by molar-refractivity contribution is 5.17. The Hall–Kier alpha value is -0.960. The largest absolute Gasteiger partial charge is 0.393 e. The highest BCUT2D eigenvalue weighted by Crippen LogP contribution is 2.33. The second-order valence-electron chi connectivity index (χ2n) is 3.90. The average molecular weight is 195 g/mol. The number of aromatic nitrogens is 1. The number of aliphatic hydroxyl groups excluding tert-OH is 1. The summed E-state index contributed by atoms with van der Waals surface area (Å²) in [7, 11) is 0. The first kappa shape index (κ1) is 9.59. The molecule has 76 valence electrons. The van der Waals surface area contributed by atoms with Gasteiger partial charge in [-0.25, -0.2) is 4.98 Å². The van der Waals surface area contributed by atoms with E-state index in [0.717, 1.165) is 19.3 Å². The van der Waals surface area contributed by atoms with Gasteiger partial charge in [0.15, 0.2) is 0 Å². The number of rotatable bonds is 1. The summed E-state index contributed by atoms with van der Waals surface area (Å²) in [5, 5.41) is 9.49. The van der Waals surface area contributed by atoms with Crippen molar-refractivity contribution >= 4 is 0 Å². The Kier molecular flexibility index (Phi) is 2.77. The van der Waals surface area contributed by atoms with Crippen LogP contribution < -0.4 is 0 Å². The van der Waals surface area contributed by atoms with Gasteiger partial charge in [-0.1, -0.05) is 12.5 Å². The van der Waals surface area contributed by atoms with E-state index < -0.39 is 0 Å². The summed E-state index contributed by atoms with van der Waals surface area (Å²) in [4.78, 5) is 3.63. The third-order valence-electron chi connectivity index (χ3n) is 2.87. The number of hydrogen-bond acceptors (Lipinski definition) is 2. The molecule has 1 aromatic rings. The molecule has 0 spiro atoms. The SMILES string of the molecule is O[C@@H]1CCC[C@@H](c2cccnc2F)C1. The number of halogens is 1. The number of hydrogen-bond donors (Lipinski definition) is 1. The van der Waals surface area contributed by atoms with Gasteiger partial charge in [-0.05, 0) is 31.2 Å². The second-order valence-corrected chi connectivity index (χ2v) is 3.90. The fourth-order valence-electron chi connectivity index (χ4n) is 2.15. The zero-order valence-electron chi connectivity index (χ0n) is 7.99. The molecule has 0 unspecified atom stereocenters. The molecule has 0 radical (unpaired) electrons. The lowest BCUT2D eigenvalue weighted by atomic mass is 9.83. The van der Waals surface area contributed by atoms with Crippen molar-refractivity contribution in [1.29, 1.82) is 0 Å². The quantitative estimate of drug-likeness (QED) is 0.697. The van der Waals surface area contributed by atoms with Crippen molar-refractivity contribution in [1.82, 2.24) is 4.98 Å². The molecule has 0 bridgehead atoms. The van der Waals surface area contributed by atoms with E-state index in [2.05, 4.69) is 4.98 Å². The molecule has 1 aromatic heterocycles. The van der Waals surface area contributed by atoms with E-state index in [1.807, 2.05) is 0 Å². The molecule has 1 aliphatic rings. The second kappa shape index (κ2) is 4.05. The Balaban J connectivity index is 2.18. The molecule has 0 saturated heterocycles. The highest BCUT2D eigenvalue weighted by Gasteiger charge is 2.23. The molecule has 1 saturated carbocycles. The van der Waals surface area contributed by atoms with Crippen LogP contribution >= 0.6 is 0 Å². The normalized spacial score (nSPS) is 27.6. The van der Waals surface area contributed by atoms with Gasteiger partial charge in [0, 0.05) is 11.8 Å². The Morgan fingerprint density at radius 1 is 1.43 bits per heavy atom. The van der Waals surface area contributed by atoms with Crippen LogP contribution in [0.2, 0.25) is 0 Å². The maximum atomic E-state index is 13.3. The van der Waals surface area contributed by atoms with Gasteiger partial charge >= 0.3 is 0 Å². The summed E-state index contributed by atoms with van der Waals surface area (Å²) in [5.41, 5.74) is 0.659. The van der Waals surface area contributed by atoms with Crippen LogP contribution in [0.3, 0.4) is 0 Å². The van der Waals surface area contributed by atoms with E-state index in [1.165, 1.54) is 6.20 Å². The molecule has 14 heavy (non-hydrogen) atoms. The molecule has 1 heterocycles. The van der Waals surface area contributed by atoms with E-state index in [0.29, 0.717) is 12.0 Å². The molecule has 3 heteroatoms. The third-order valence-corrected chi connectivity index (χ3v) is 2.87. The van der Waals surface area contributed by atoms with Crippen molar-refractivity contribution in [2.75, 3.05) is 0 Å². The Bertz CT molecular complexity index is 316. The molecule has 2 nitrogen and oxygen atoms in total. The van der Waals surface area contributed by atoms with Crippen molar-refractivity contribution in [3.05, 3.63) is 29.8 Å². The molecular formula is C11H14FNO. The minimum Gasteiger partial charge on any atom is -0.393 e. The number of nitrogens with zero attached hydrogens (tertiary/aromatic N) is 1. The zero-order chi connectivity index (χ0) is 9.97. The summed E-state index contributed by atoms with van der Waals surface area (Å²) >= 11 is 0. The summed E-state index contributed by atoms with van der Waals surface area (Å²) < 4.78 is 13.3. The highest BCUT2D eigenvalue weighted by atomic mass is 19.1. The first-order chi connectivity index (χ1) is 6.77. The Morgan fingerprint density at radius 2 is 2.29 bits per heavy atom. The van der Waals surface area contributed by atoms with Gasteiger partial charge in [-0.15, -0.1) is 0 Å². The van der Waals surface area contributed by atoms with E-state index >= 15 is 0 Å². The molecule has 2 rings (SSSR count). The summed E-state index contributed by atoms with van der Waals surface area (Å²) in [6, 6.07) is 3.52. The van der Waals surface area contributed by atoms with Gasteiger partial charge in [0.1, 0.15) is 0 Å².